The third kappa shape index (κ3) is 4.31. The lowest BCUT2D eigenvalue weighted by Crippen LogP contribution is -2.18. The van der Waals surface area contributed by atoms with Crippen molar-refractivity contribution in [3.8, 4) is 33.6 Å². The molecule has 0 aliphatic heterocycles. The van der Waals surface area contributed by atoms with Gasteiger partial charge in [0.1, 0.15) is 5.82 Å². The van der Waals surface area contributed by atoms with Gasteiger partial charge in [-0.3, -0.25) is 4.90 Å². The van der Waals surface area contributed by atoms with Crippen molar-refractivity contribution in [1.82, 2.24) is 9.97 Å². The van der Waals surface area contributed by atoms with Gasteiger partial charge in [-0.25, -0.2) is 9.97 Å². The maximum atomic E-state index is 5.53. The summed E-state index contributed by atoms with van der Waals surface area (Å²) in [5, 5.41) is 3.38. The third-order valence-corrected chi connectivity index (χ3v) is 11.5. The number of anilines is 3. The molecule has 7 aromatic carbocycles. The number of fused-ring (bicyclic) bond motifs is 8. The molecule has 244 valence electrons. The predicted molar refractivity (Wildman–Crippen MR) is 212 cm³/mol. The molecule has 0 radical (unpaired) electrons. The average Bonchev–Trinajstić information content (AvgIpc) is 3.54. The zero-order valence-electron chi connectivity index (χ0n) is 29.3. The largest absolute Gasteiger partial charge is 0.294 e. The van der Waals surface area contributed by atoms with E-state index in [2.05, 4.69) is 184 Å². The normalized spacial score (nSPS) is 14.6. The second-order valence-corrected chi connectivity index (χ2v) is 15.1. The van der Waals surface area contributed by atoms with Crippen LogP contribution in [0, 0.1) is 0 Å². The minimum atomic E-state index is -0.148. The van der Waals surface area contributed by atoms with Gasteiger partial charge < -0.3 is 0 Å². The van der Waals surface area contributed by atoms with Crippen LogP contribution in [0.4, 0.5) is 17.2 Å². The number of aromatic nitrogens is 2. The zero-order valence-corrected chi connectivity index (χ0v) is 29.3. The van der Waals surface area contributed by atoms with E-state index >= 15 is 0 Å². The van der Waals surface area contributed by atoms with E-state index in [0.717, 1.165) is 33.7 Å². The van der Waals surface area contributed by atoms with Gasteiger partial charge >= 0.3 is 0 Å². The second kappa shape index (κ2) is 10.7. The van der Waals surface area contributed by atoms with Gasteiger partial charge in [0.2, 0.25) is 0 Å². The van der Waals surface area contributed by atoms with Crippen LogP contribution in [-0.2, 0) is 10.8 Å². The molecule has 3 nitrogen and oxygen atoms in total. The molecule has 10 rings (SSSR count). The molecule has 3 heteroatoms. The molecule has 2 aliphatic carbocycles. The number of para-hydroxylation sites is 1. The Hall–Kier alpha value is -6.06. The molecule has 0 fully saturated rings. The smallest absolute Gasteiger partial charge is 0.162 e. The summed E-state index contributed by atoms with van der Waals surface area (Å²) >= 11 is 0. The molecule has 0 unspecified atom stereocenters. The highest BCUT2D eigenvalue weighted by Gasteiger charge is 2.39. The third-order valence-electron chi connectivity index (χ3n) is 11.5. The Labute approximate surface area is 298 Å². The van der Waals surface area contributed by atoms with Crippen molar-refractivity contribution >= 4 is 38.9 Å². The lowest BCUT2D eigenvalue weighted by atomic mass is 9.82. The monoisotopic (exact) mass is 655 g/mol. The summed E-state index contributed by atoms with van der Waals surface area (Å²) < 4.78 is 0. The number of rotatable bonds is 4. The van der Waals surface area contributed by atoms with E-state index < -0.39 is 0 Å². The molecule has 8 aromatic rings. The Morgan fingerprint density at radius 2 is 1.12 bits per heavy atom. The van der Waals surface area contributed by atoms with Gasteiger partial charge in [0, 0.05) is 33.0 Å². The van der Waals surface area contributed by atoms with Crippen LogP contribution in [-0.4, -0.2) is 9.97 Å². The quantitative estimate of drug-likeness (QED) is 0.189. The Kier molecular flexibility index (Phi) is 6.27. The average molecular weight is 656 g/mol. The highest BCUT2D eigenvalue weighted by atomic mass is 15.2. The minimum Gasteiger partial charge on any atom is -0.294 e. The molecule has 51 heavy (non-hydrogen) atoms. The minimum absolute atomic E-state index is 0.140. The highest BCUT2D eigenvalue weighted by Crippen LogP contribution is 2.56. The van der Waals surface area contributed by atoms with Crippen molar-refractivity contribution in [3.63, 3.8) is 0 Å². The van der Waals surface area contributed by atoms with Crippen LogP contribution < -0.4 is 4.90 Å². The first-order chi connectivity index (χ1) is 24.8. The fourth-order valence-corrected chi connectivity index (χ4v) is 8.82. The van der Waals surface area contributed by atoms with E-state index in [4.69, 9.17) is 9.97 Å². The van der Waals surface area contributed by atoms with Crippen molar-refractivity contribution in [3.05, 3.63) is 174 Å². The van der Waals surface area contributed by atoms with Gasteiger partial charge in [-0.05, 0) is 86.1 Å². The maximum Gasteiger partial charge on any atom is 0.162 e. The Morgan fingerprint density at radius 3 is 1.96 bits per heavy atom. The maximum absolute atomic E-state index is 5.53. The molecule has 1 heterocycles. The van der Waals surface area contributed by atoms with Crippen LogP contribution in [0.15, 0.2) is 152 Å². The lowest BCUT2D eigenvalue weighted by Gasteiger charge is -2.30. The molecule has 0 saturated heterocycles. The number of hydrogen-bond acceptors (Lipinski definition) is 3. The van der Waals surface area contributed by atoms with E-state index in [1.807, 2.05) is 0 Å². The van der Waals surface area contributed by atoms with Crippen molar-refractivity contribution < 1.29 is 0 Å². The van der Waals surface area contributed by atoms with Crippen LogP contribution in [0.3, 0.4) is 0 Å². The van der Waals surface area contributed by atoms with E-state index in [-0.39, 0.29) is 10.8 Å². The van der Waals surface area contributed by atoms with Gasteiger partial charge in [0.05, 0.1) is 11.2 Å². The van der Waals surface area contributed by atoms with Gasteiger partial charge in [-0.2, -0.15) is 0 Å². The molecule has 2 aliphatic rings. The SMILES string of the molecule is CC1(C)c2ccccc2-c2ccc(N(c3cccc4c3-c3ccccc3C4(C)C)c3nc(-c4ccc5ccccc5c4)nc4ccccc34)cc21. The first-order valence-corrected chi connectivity index (χ1v) is 17.8. The first kappa shape index (κ1) is 29.8. The van der Waals surface area contributed by atoms with Crippen molar-refractivity contribution in [2.24, 2.45) is 0 Å². The summed E-state index contributed by atoms with van der Waals surface area (Å²) in [5.41, 5.74) is 14.3. The molecule has 0 spiro atoms. The molecular formula is C48H37N3. The summed E-state index contributed by atoms with van der Waals surface area (Å²) in [6.45, 7) is 9.39. The van der Waals surface area contributed by atoms with Crippen molar-refractivity contribution in [2.75, 3.05) is 4.90 Å². The molecule has 1 aromatic heterocycles. The predicted octanol–water partition coefficient (Wildman–Crippen LogP) is 12.5. The van der Waals surface area contributed by atoms with Gasteiger partial charge in [0.15, 0.2) is 5.82 Å². The Balaban J connectivity index is 1.28. The topological polar surface area (TPSA) is 29.0 Å². The van der Waals surface area contributed by atoms with Crippen molar-refractivity contribution in [1.29, 1.82) is 0 Å². The van der Waals surface area contributed by atoms with E-state index in [9.17, 15) is 0 Å². The fraction of sp³-hybridized carbons (Fsp3) is 0.125. The van der Waals surface area contributed by atoms with Crippen molar-refractivity contribution in [2.45, 2.75) is 38.5 Å². The highest BCUT2D eigenvalue weighted by molar-refractivity contribution is 6.01. The summed E-state index contributed by atoms with van der Waals surface area (Å²) in [7, 11) is 0. The summed E-state index contributed by atoms with van der Waals surface area (Å²) in [6, 6.07) is 55.0. The van der Waals surface area contributed by atoms with Crippen LogP contribution in [0.2, 0.25) is 0 Å². The fourth-order valence-electron chi connectivity index (χ4n) is 8.82. The first-order valence-electron chi connectivity index (χ1n) is 17.8. The molecule has 0 saturated carbocycles. The lowest BCUT2D eigenvalue weighted by molar-refractivity contribution is 0.660. The molecule has 0 atom stereocenters. The second-order valence-electron chi connectivity index (χ2n) is 15.1. The van der Waals surface area contributed by atoms with Crippen LogP contribution in [0.5, 0.6) is 0 Å². The van der Waals surface area contributed by atoms with Gasteiger partial charge in [0.25, 0.3) is 0 Å². The summed E-state index contributed by atoms with van der Waals surface area (Å²) in [5.74, 6) is 1.58. The molecule has 0 bridgehead atoms. The van der Waals surface area contributed by atoms with Gasteiger partial charge in [-0.15, -0.1) is 0 Å². The van der Waals surface area contributed by atoms with E-state index in [1.54, 1.807) is 0 Å². The van der Waals surface area contributed by atoms with Crippen LogP contribution >= 0.6 is 0 Å². The summed E-state index contributed by atoms with van der Waals surface area (Å²) in [6.07, 6.45) is 0. The number of nitrogens with zero attached hydrogens (tertiary/aromatic N) is 3. The standard InChI is InChI=1S/C48H37N3/c1-47(2)39-20-11-8-17-36(39)44-40(47)21-13-23-43(44)51(33-26-27-35-34-16-7-10-19-38(34)48(3,4)41(35)29-33)46-37-18-9-12-22-42(37)49-45(50-46)32-25-24-30-14-5-6-15-31(30)28-32/h5-29H,1-4H3. The van der Waals surface area contributed by atoms with Crippen LogP contribution in [0.25, 0.3) is 55.3 Å². The van der Waals surface area contributed by atoms with E-state index in [1.165, 1.54) is 55.3 Å². The molecular weight excluding hydrogens is 619 g/mol. The number of hydrogen-bond donors (Lipinski definition) is 0. The molecule has 0 N–H and O–H groups in total. The molecule has 0 amide bonds. The Morgan fingerprint density at radius 1 is 0.471 bits per heavy atom. The Bertz CT molecular complexity index is 2720. The van der Waals surface area contributed by atoms with Gasteiger partial charge in [-0.1, -0.05) is 143 Å². The van der Waals surface area contributed by atoms with Crippen LogP contribution in [0.1, 0.15) is 49.9 Å². The summed E-state index contributed by atoms with van der Waals surface area (Å²) in [4.78, 5) is 13.1. The van der Waals surface area contributed by atoms with E-state index in [0.29, 0.717) is 5.82 Å². The number of benzene rings is 7. The zero-order chi connectivity index (χ0) is 34.5.